The van der Waals surface area contributed by atoms with Crippen LogP contribution in [0.2, 0.25) is 5.02 Å². The highest BCUT2D eigenvalue weighted by molar-refractivity contribution is 7.99. The zero-order valence-electron chi connectivity index (χ0n) is 12.4. The van der Waals surface area contributed by atoms with Crippen molar-refractivity contribution < 1.29 is 9.53 Å². The van der Waals surface area contributed by atoms with Gasteiger partial charge in [0.05, 0.1) is 10.6 Å². The molecule has 0 saturated carbocycles. The smallest absolute Gasteiger partial charge is 0.167 e. The van der Waals surface area contributed by atoms with Crippen molar-refractivity contribution in [2.24, 2.45) is 5.92 Å². The fraction of sp³-hybridized carbons (Fsp3) is 0.588. The molecule has 1 aromatic carbocycles. The molecule has 2 nitrogen and oxygen atoms in total. The van der Waals surface area contributed by atoms with Crippen LogP contribution >= 0.6 is 23.4 Å². The molecule has 2 aliphatic rings. The third-order valence-electron chi connectivity index (χ3n) is 4.73. The molecule has 21 heavy (non-hydrogen) atoms. The Hall–Kier alpha value is -0.510. The molecule has 2 aliphatic heterocycles. The first-order valence-electron chi connectivity index (χ1n) is 7.62. The van der Waals surface area contributed by atoms with E-state index in [1.807, 2.05) is 36.9 Å². The molecule has 1 spiro atoms. The highest BCUT2D eigenvalue weighted by atomic mass is 35.5. The van der Waals surface area contributed by atoms with E-state index in [1.54, 1.807) is 0 Å². The monoisotopic (exact) mass is 324 g/mol. The lowest BCUT2D eigenvalue weighted by molar-refractivity contribution is -0.0959. The van der Waals surface area contributed by atoms with Gasteiger partial charge in [-0.15, -0.1) is 0 Å². The first-order chi connectivity index (χ1) is 10.1. The third kappa shape index (κ3) is 3.15. The Kier molecular flexibility index (Phi) is 4.63. The lowest BCUT2D eigenvalue weighted by atomic mass is 9.78. The minimum Gasteiger partial charge on any atom is -0.375 e. The van der Waals surface area contributed by atoms with E-state index in [-0.39, 0.29) is 17.3 Å². The van der Waals surface area contributed by atoms with Crippen LogP contribution in [0.25, 0.3) is 0 Å². The van der Waals surface area contributed by atoms with Crippen LogP contribution in [0, 0.1) is 12.8 Å². The molecule has 1 atom stereocenters. The van der Waals surface area contributed by atoms with Crippen LogP contribution in [0.3, 0.4) is 0 Å². The van der Waals surface area contributed by atoms with E-state index < -0.39 is 0 Å². The SMILES string of the molecule is Cc1cccc(C(=O)C2CCOC3(CCSCC3)C2)c1Cl. The van der Waals surface area contributed by atoms with Crippen molar-refractivity contribution in [3.63, 3.8) is 0 Å². The number of hydrogen-bond acceptors (Lipinski definition) is 3. The number of aryl methyl sites for hydroxylation is 1. The summed E-state index contributed by atoms with van der Waals surface area (Å²) in [5.74, 6) is 2.55. The molecule has 0 bridgehead atoms. The van der Waals surface area contributed by atoms with E-state index in [0.29, 0.717) is 17.2 Å². The topological polar surface area (TPSA) is 26.3 Å². The lowest BCUT2D eigenvalue weighted by Crippen LogP contribution is -2.44. The molecule has 1 aromatic rings. The molecule has 0 N–H and O–H groups in total. The predicted octanol–water partition coefficient (Wildman–Crippen LogP) is 4.52. The molecule has 1 unspecified atom stereocenters. The zero-order valence-corrected chi connectivity index (χ0v) is 13.9. The zero-order chi connectivity index (χ0) is 14.9. The molecular weight excluding hydrogens is 304 g/mol. The fourth-order valence-electron chi connectivity index (χ4n) is 3.40. The third-order valence-corrected chi connectivity index (χ3v) is 6.21. The van der Waals surface area contributed by atoms with Gasteiger partial charge in [-0.1, -0.05) is 23.7 Å². The Balaban J connectivity index is 1.79. The number of benzene rings is 1. The number of hydrogen-bond donors (Lipinski definition) is 0. The van der Waals surface area contributed by atoms with Crippen LogP contribution < -0.4 is 0 Å². The maximum Gasteiger partial charge on any atom is 0.167 e. The Labute approximate surface area is 135 Å². The van der Waals surface area contributed by atoms with Crippen molar-refractivity contribution in [2.75, 3.05) is 18.1 Å². The standard InChI is InChI=1S/C17H21ClO2S/c1-12-3-2-4-14(15(12)18)16(19)13-5-8-20-17(11-13)6-9-21-10-7-17/h2-4,13H,5-11H2,1H3. The summed E-state index contributed by atoms with van der Waals surface area (Å²) < 4.78 is 6.08. The van der Waals surface area contributed by atoms with E-state index in [9.17, 15) is 4.79 Å². The molecule has 2 fully saturated rings. The summed E-state index contributed by atoms with van der Waals surface area (Å²) in [6.07, 6.45) is 3.82. The van der Waals surface area contributed by atoms with Gasteiger partial charge in [0.2, 0.25) is 0 Å². The largest absolute Gasteiger partial charge is 0.375 e. The Morgan fingerprint density at radius 2 is 2.14 bits per heavy atom. The highest BCUT2D eigenvalue weighted by Crippen LogP contribution is 2.41. The van der Waals surface area contributed by atoms with Crippen LogP contribution in [0.5, 0.6) is 0 Å². The van der Waals surface area contributed by atoms with Crippen molar-refractivity contribution in [3.8, 4) is 0 Å². The minimum absolute atomic E-state index is 0.0554. The van der Waals surface area contributed by atoms with Crippen LogP contribution in [-0.4, -0.2) is 29.5 Å². The average Bonchev–Trinajstić information content (AvgIpc) is 2.50. The van der Waals surface area contributed by atoms with E-state index in [1.165, 1.54) is 0 Å². The van der Waals surface area contributed by atoms with E-state index in [0.717, 1.165) is 42.8 Å². The van der Waals surface area contributed by atoms with Gasteiger partial charge in [-0.2, -0.15) is 11.8 Å². The molecule has 0 radical (unpaired) electrons. The molecule has 0 amide bonds. The second kappa shape index (κ2) is 6.31. The van der Waals surface area contributed by atoms with Crippen LogP contribution in [0.15, 0.2) is 18.2 Å². The first kappa shape index (κ1) is 15.4. The molecule has 2 heterocycles. The Morgan fingerprint density at radius 1 is 1.38 bits per heavy atom. The summed E-state index contributed by atoms with van der Waals surface area (Å²) in [6, 6.07) is 5.72. The number of thioether (sulfide) groups is 1. The van der Waals surface area contributed by atoms with Crippen molar-refractivity contribution >= 4 is 29.1 Å². The molecular formula is C17H21ClO2S. The van der Waals surface area contributed by atoms with Crippen LogP contribution in [0.4, 0.5) is 0 Å². The van der Waals surface area contributed by atoms with E-state index >= 15 is 0 Å². The maximum absolute atomic E-state index is 12.9. The lowest BCUT2D eigenvalue weighted by Gasteiger charge is -2.43. The van der Waals surface area contributed by atoms with Crippen molar-refractivity contribution in [3.05, 3.63) is 34.3 Å². The maximum atomic E-state index is 12.9. The van der Waals surface area contributed by atoms with Gasteiger partial charge >= 0.3 is 0 Å². The van der Waals surface area contributed by atoms with E-state index in [4.69, 9.17) is 16.3 Å². The molecule has 4 heteroatoms. The Morgan fingerprint density at radius 3 is 2.90 bits per heavy atom. The van der Waals surface area contributed by atoms with Crippen LogP contribution in [0.1, 0.15) is 41.6 Å². The van der Waals surface area contributed by atoms with Crippen LogP contribution in [-0.2, 0) is 4.74 Å². The molecule has 0 aromatic heterocycles. The molecule has 114 valence electrons. The van der Waals surface area contributed by atoms with Gasteiger partial charge in [0.25, 0.3) is 0 Å². The Bertz CT molecular complexity index is 532. The van der Waals surface area contributed by atoms with Gasteiger partial charge in [-0.25, -0.2) is 0 Å². The number of ketones is 1. The summed E-state index contributed by atoms with van der Waals surface area (Å²) in [6.45, 7) is 2.65. The molecule has 2 saturated heterocycles. The van der Waals surface area contributed by atoms with Gasteiger partial charge in [0.1, 0.15) is 0 Å². The number of carbonyl (C=O) groups is 1. The fourth-order valence-corrected chi connectivity index (χ4v) is 4.86. The average molecular weight is 325 g/mol. The first-order valence-corrected chi connectivity index (χ1v) is 9.16. The van der Waals surface area contributed by atoms with E-state index in [2.05, 4.69) is 0 Å². The summed E-state index contributed by atoms with van der Waals surface area (Å²) in [7, 11) is 0. The van der Waals surface area contributed by atoms with Gasteiger partial charge < -0.3 is 4.74 Å². The number of rotatable bonds is 2. The second-order valence-corrected chi connectivity index (χ2v) is 7.74. The van der Waals surface area contributed by atoms with Gasteiger partial charge in [0, 0.05) is 18.1 Å². The summed E-state index contributed by atoms with van der Waals surface area (Å²) in [4.78, 5) is 12.9. The normalized spacial score (nSPS) is 25.0. The van der Waals surface area contributed by atoms with Gasteiger partial charge in [0.15, 0.2) is 5.78 Å². The number of Topliss-reactive ketones (excluding diaryl/α,β-unsaturated/α-hetero) is 1. The number of ether oxygens (including phenoxy) is 1. The summed E-state index contributed by atoms with van der Waals surface area (Å²) >= 11 is 8.32. The van der Waals surface area contributed by atoms with Crippen molar-refractivity contribution in [1.29, 1.82) is 0 Å². The molecule has 0 aliphatic carbocycles. The predicted molar refractivity (Wildman–Crippen MR) is 88.5 cm³/mol. The highest BCUT2D eigenvalue weighted by Gasteiger charge is 2.41. The minimum atomic E-state index is -0.0554. The molecule has 3 rings (SSSR count). The second-order valence-electron chi connectivity index (χ2n) is 6.13. The number of carbonyl (C=O) groups excluding carboxylic acids is 1. The quantitative estimate of drug-likeness (QED) is 0.748. The summed E-state index contributed by atoms with van der Waals surface area (Å²) in [5.41, 5.74) is 1.60. The van der Waals surface area contributed by atoms with Gasteiger partial charge in [-0.05, 0) is 55.7 Å². The van der Waals surface area contributed by atoms with Crippen molar-refractivity contribution in [2.45, 2.75) is 38.2 Å². The number of halogens is 1. The van der Waals surface area contributed by atoms with Crippen molar-refractivity contribution in [1.82, 2.24) is 0 Å². The summed E-state index contributed by atoms with van der Waals surface area (Å²) in [5, 5.41) is 0.613. The van der Waals surface area contributed by atoms with Gasteiger partial charge in [-0.3, -0.25) is 4.79 Å².